The van der Waals surface area contributed by atoms with Gasteiger partial charge in [0.2, 0.25) is 11.8 Å². The van der Waals surface area contributed by atoms with Gasteiger partial charge in [0.1, 0.15) is 0 Å². The number of carbonyl (C=O) groups excluding carboxylic acids is 2. The van der Waals surface area contributed by atoms with E-state index in [9.17, 15) is 9.59 Å². The predicted molar refractivity (Wildman–Crippen MR) is 92.1 cm³/mol. The molecule has 2 aliphatic heterocycles. The minimum Gasteiger partial charge on any atom is -0.342 e. The van der Waals surface area contributed by atoms with E-state index in [1.165, 1.54) is 5.56 Å². The van der Waals surface area contributed by atoms with E-state index in [1.54, 1.807) is 12.4 Å². The van der Waals surface area contributed by atoms with Gasteiger partial charge in [0.25, 0.3) is 0 Å². The predicted octanol–water partition coefficient (Wildman–Crippen LogP) is 2.78. The van der Waals surface area contributed by atoms with Gasteiger partial charge in [-0.25, -0.2) is 0 Å². The lowest BCUT2D eigenvalue weighted by atomic mass is 9.95. The average molecular weight is 329 g/mol. The van der Waals surface area contributed by atoms with Crippen molar-refractivity contribution < 1.29 is 9.59 Å². The van der Waals surface area contributed by atoms with Crippen molar-refractivity contribution in [3.8, 4) is 0 Å². The van der Waals surface area contributed by atoms with E-state index in [4.69, 9.17) is 0 Å². The van der Waals surface area contributed by atoms with Crippen molar-refractivity contribution in [2.24, 2.45) is 5.92 Å². The van der Waals surface area contributed by atoms with Crippen LogP contribution in [0.3, 0.4) is 0 Å². The highest BCUT2D eigenvalue weighted by Crippen LogP contribution is 2.34. The average Bonchev–Trinajstić information content (AvgIpc) is 3.12. The van der Waals surface area contributed by atoms with Crippen molar-refractivity contribution in [2.45, 2.75) is 51.5 Å². The Hall–Kier alpha value is -1.91. The lowest BCUT2D eigenvalue weighted by Crippen LogP contribution is -2.46. The molecule has 0 bridgehead atoms. The van der Waals surface area contributed by atoms with E-state index in [-0.39, 0.29) is 23.8 Å². The zero-order chi connectivity index (χ0) is 16.9. The summed E-state index contributed by atoms with van der Waals surface area (Å²) in [6.07, 6.45) is 8.93. The molecule has 2 saturated heterocycles. The van der Waals surface area contributed by atoms with E-state index in [1.807, 2.05) is 28.9 Å². The van der Waals surface area contributed by atoms with Crippen molar-refractivity contribution in [3.05, 3.63) is 30.1 Å². The Morgan fingerprint density at radius 3 is 2.67 bits per heavy atom. The first-order valence-electron chi connectivity index (χ1n) is 9.19. The third-order valence-electron chi connectivity index (χ3n) is 5.21. The van der Waals surface area contributed by atoms with Crippen LogP contribution in [-0.4, -0.2) is 46.2 Å². The van der Waals surface area contributed by atoms with Gasteiger partial charge in [-0.15, -0.1) is 0 Å². The second-order valence-corrected chi connectivity index (χ2v) is 6.90. The van der Waals surface area contributed by atoms with Crippen LogP contribution in [0, 0.1) is 5.92 Å². The molecule has 5 heteroatoms. The summed E-state index contributed by atoms with van der Waals surface area (Å²) in [5.74, 6) is 0.382. The van der Waals surface area contributed by atoms with Crippen LogP contribution in [0.25, 0.3) is 0 Å². The number of likely N-dealkylation sites (tertiary alicyclic amines) is 2. The van der Waals surface area contributed by atoms with Crippen LogP contribution in [0.15, 0.2) is 24.5 Å². The molecule has 130 valence electrons. The second kappa shape index (κ2) is 7.77. The van der Waals surface area contributed by atoms with E-state index in [0.29, 0.717) is 13.0 Å². The maximum atomic E-state index is 13.1. The number of piperidine rings is 1. The molecule has 0 aliphatic carbocycles. The number of amides is 2. The lowest BCUT2D eigenvalue weighted by molar-refractivity contribution is -0.141. The fraction of sp³-hybridized carbons (Fsp3) is 0.632. The number of pyridine rings is 1. The molecular formula is C19H27N3O2. The molecular weight excluding hydrogens is 302 g/mol. The van der Waals surface area contributed by atoms with E-state index in [2.05, 4.69) is 4.98 Å². The van der Waals surface area contributed by atoms with Crippen LogP contribution in [0.1, 0.15) is 57.1 Å². The first-order chi connectivity index (χ1) is 11.7. The summed E-state index contributed by atoms with van der Waals surface area (Å²) in [5.41, 5.74) is 1.17. The van der Waals surface area contributed by atoms with Gasteiger partial charge < -0.3 is 9.80 Å². The van der Waals surface area contributed by atoms with Gasteiger partial charge in [0, 0.05) is 38.4 Å². The maximum absolute atomic E-state index is 13.1. The number of aromatic nitrogens is 1. The summed E-state index contributed by atoms with van der Waals surface area (Å²) in [6, 6.07) is 4.19. The Labute approximate surface area is 144 Å². The smallest absolute Gasteiger partial charge is 0.227 e. The zero-order valence-electron chi connectivity index (χ0n) is 14.5. The van der Waals surface area contributed by atoms with Crippen LogP contribution in [0.4, 0.5) is 0 Å². The molecule has 0 spiro atoms. The van der Waals surface area contributed by atoms with Crippen LogP contribution in [0.5, 0.6) is 0 Å². The molecule has 5 nitrogen and oxygen atoms in total. The largest absolute Gasteiger partial charge is 0.342 e. The van der Waals surface area contributed by atoms with Crippen molar-refractivity contribution in [2.75, 3.05) is 19.6 Å². The summed E-state index contributed by atoms with van der Waals surface area (Å²) in [4.78, 5) is 33.3. The van der Waals surface area contributed by atoms with Gasteiger partial charge in [0.05, 0.1) is 12.0 Å². The van der Waals surface area contributed by atoms with Gasteiger partial charge in [-0.1, -0.05) is 6.92 Å². The van der Waals surface area contributed by atoms with E-state index >= 15 is 0 Å². The first kappa shape index (κ1) is 16.9. The van der Waals surface area contributed by atoms with Gasteiger partial charge in [0.15, 0.2) is 0 Å². The van der Waals surface area contributed by atoms with Crippen molar-refractivity contribution in [1.82, 2.24) is 14.8 Å². The van der Waals surface area contributed by atoms with Crippen molar-refractivity contribution >= 4 is 11.8 Å². The second-order valence-electron chi connectivity index (χ2n) is 6.90. The number of hydrogen-bond donors (Lipinski definition) is 0. The molecule has 24 heavy (non-hydrogen) atoms. The van der Waals surface area contributed by atoms with Gasteiger partial charge in [-0.2, -0.15) is 0 Å². The summed E-state index contributed by atoms with van der Waals surface area (Å²) < 4.78 is 0. The standard InChI is InChI=1S/C19H27N3O2/c1-2-5-18(23)21-12-3-6-16(14-21)19(24)22-13-4-7-17(22)15-8-10-20-11-9-15/h8-11,16-17H,2-7,12-14H2,1H3. The van der Waals surface area contributed by atoms with Gasteiger partial charge >= 0.3 is 0 Å². The lowest BCUT2D eigenvalue weighted by Gasteiger charge is -2.35. The minimum atomic E-state index is -0.0398. The van der Waals surface area contributed by atoms with Crippen LogP contribution in [0.2, 0.25) is 0 Å². The highest BCUT2D eigenvalue weighted by Gasteiger charge is 2.36. The molecule has 3 rings (SSSR count). The van der Waals surface area contributed by atoms with E-state index in [0.717, 1.165) is 45.2 Å². The third kappa shape index (κ3) is 3.60. The quantitative estimate of drug-likeness (QED) is 0.853. The Balaban J connectivity index is 1.67. The molecule has 2 aliphatic rings. The zero-order valence-corrected chi connectivity index (χ0v) is 14.5. The molecule has 3 heterocycles. The molecule has 2 amide bonds. The molecule has 2 atom stereocenters. The molecule has 0 aromatic carbocycles. The van der Waals surface area contributed by atoms with Crippen LogP contribution in [-0.2, 0) is 9.59 Å². The normalized spacial score (nSPS) is 24.2. The number of hydrogen-bond acceptors (Lipinski definition) is 3. The molecule has 0 radical (unpaired) electrons. The first-order valence-corrected chi connectivity index (χ1v) is 9.19. The van der Waals surface area contributed by atoms with Gasteiger partial charge in [-0.3, -0.25) is 14.6 Å². The fourth-order valence-electron chi connectivity index (χ4n) is 3.97. The Bertz CT molecular complexity index is 575. The molecule has 0 saturated carbocycles. The minimum absolute atomic E-state index is 0.0398. The highest BCUT2D eigenvalue weighted by atomic mass is 16.2. The van der Waals surface area contributed by atoms with Crippen LogP contribution < -0.4 is 0 Å². The third-order valence-corrected chi connectivity index (χ3v) is 5.21. The molecule has 2 unspecified atom stereocenters. The number of nitrogens with zero attached hydrogens (tertiary/aromatic N) is 3. The summed E-state index contributed by atoms with van der Waals surface area (Å²) in [6.45, 7) is 4.24. The molecule has 1 aromatic heterocycles. The molecule has 1 aromatic rings. The van der Waals surface area contributed by atoms with E-state index < -0.39 is 0 Å². The summed E-state index contributed by atoms with van der Waals surface area (Å²) >= 11 is 0. The van der Waals surface area contributed by atoms with Crippen molar-refractivity contribution in [1.29, 1.82) is 0 Å². The molecule has 0 N–H and O–H groups in total. The summed E-state index contributed by atoms with van der Waals surface area (Å²) in [5, 5.41) is 0. The van der Waals surface area contributed by atoms with Crippen molar-refractivity contribution in [3.63, 3.8) is 0 Å². The maximum Gasteiger partial charge on any atom is 0.227 e. The highest BCUT2D eigenvalue weighted by molar-refractivity contribution is 5.82. The number of rotatable bonds is 4. The molecule has 2 fully saturated rings. The Morgan fingerprint density at radius 2 is 1.92 bits per heavy atom. The fourth-order valence-corrected chi connectivity index (χ4v) is 3.97. The topological polar surface area (TPSA) is 53.5 Å². The monoisotopic (exact) mass is 329 g/mol. The Morgan fingerprint density at radius 1 is 1.17 bits per heavy atom. The van der Waals surface area contributed by atoms with Gasteiger partial charge in [-0.05, 0) is 49.8 Å². The SMILES string of the molecule is CCCC(=O)N1CCCC(C(=O)N2CCCC2c2ccncc2)C1. The Kier molecular flexibility index (Phi) is 5.48. The summed E-state index contributed by atoms with van der Waals surface area (Å²) in [7, 11) is 0. The number of carbonyl (C=O) groups is 2. The van der Waals surface area contributed by atoms with Crippen LogP contribution >= 0.6 is 0 Å².